The fraction of sp³-hybridized carbons (Fsp3) is 0.292. The van der Waals surface area contributed by atoms with Gasteiger partial charge in [0.2, 0.25) is 5.28 Å². The number of hydrogen-bond acceptors (Lipinski definition) is 8. The van der Waals surface area contributed by atoms with E-state index < -0.39 is 31.1 Å². The van der Waals surface area contributed by atoms with Gasteiger partial charge in [-0.1, -0.05) is 42.5 Å². The molecule has 35 heavy (non-hydrogen) atoms. The Kier molecular flexibility index (Phi) is 6.63. The molecule has 1 unspecified atom stereocenters. The van der Waals surface area contributed by atoms with E-state index in [4.69, 9.17) is 16.3 Å². The number of rotatable bonds is 7. The Bertz CT molecular complexity index is 1310. The zero-order valence-corrected chi connectivity index (χ0v) is 19.1. The quantitative estimate of drug-likeness (QED) is 0.286. The third-order valence-corrected chi connectivity index (χ3v) is 6.30. The van der Waals surface area contributed by atoms with E-state index in [0.29, 0.717) is 23.5 Å². The molecule has 0 amide bonds. The van der Waals surface area contributed by atoms with E-state index in [0.717, 1.165) is 11.1 Å². The topological polar surface area (TPSA) is 126 Å². The van der Waals surface area contributed by atoms with Crippen molar-refractivity contribution in [2.45, 2.75) is 30.5 Å². The molecular weight excluding hydrogens is 477 g/mol. The van der Waals surface area contributed by atoms with Crippen molar-refractivity contribution in [1.29, 1.82) is 0 Å². The monoisotopic (exact) mass is 499 g/mol. The molecule has 11 heteroatoms. The van der Waals surface area contributed by atoms with Crippen molar-refractivity contribution >= 4 is 28.6 Å². The van der Waals surface area contributed by atoms with Crippen molar-refractivity contribution in [1.82, 2.24) is 19.5 Å². The highest BCUT2D eigenvalue weighted by atomic mass is 35.5. The van der Waals surface area contributed by atoms with Gasteiger partial charge < -0.3 is 25.4 Å². The fourth-order valence-electron chi connectivity index (χ4n) is 4.32. The molecule has 1 aliphatic rings. The van der Waals surface area contributed by atoms with E-state index in [-0.39, 0.29) is 17.0 Å². The van der Waals surface area contributed by atoms with Crippen LogP contribution in [0.1, 0.15) is 23.3 Å². The number of ether oxygens (including phenoxy) is 1. The van der Waals surface area contributed by atoms with Gasteiger partial charge in [0.1, 0.15) is 24.1 Å². The van der Waals surface area contributed by atoms with Gasteiger partial charge in [0.15, 0.2) is 23.2 Å². The predicted octanol–water partition coefficient (Wildman–Crippen LogP) is 2.47. The third kappa shape index (κ3) is 4.58. The van der Waals surface area contributed by atoms with Gasteiger partial charge in [0.05, 0.1) is 12.9 Å². The van der Waals surface area contributed by atoms with Crippen LogP contribution in [0.4, 0.5) is 10.2 Å². The zero-order chi connectivity index (χ0) is 24.5. The van der Waals surface area contributed by atoms with Crippen LogP contribution in [-0.4, -0.2) is 66.3 Å². The number of nitrogens with zero attached hydrogens (tertiary/aromatic N) is 4. The summed E-state index contributed by atoms with van der Waals surface area (Å²) >= 11 is 6.21. The van der Waals surface area contributed by atoms with E-state index in [1.807, 2.05) is 30.3 Å². The molecule has 4 N–H and O–H groups in total. The second kappa shape index (κ2) is 9.84. The Balaban J connectivity index is 1.46. The van der Waals surface area contributed by atoms with E-state index in [1.54, 1.807) is 12.1 Å². The summed E-state index contributed by atoms with van der Waals surface area (Å²) in [6, 6.07) is 16.1. The molecule has 2 aromatic heterocycles. The average molecular weight is 500 g/mol. The van der Waals surface area contributed by atoms with Crippen LogP contribution in [0.5, 0.6) is 0 Å². The molecule has 0 spiro atoms. The Morgan fingerprint density at radius 2 is 1.74 bits per heavy atom. The van der Waals surface area contributed by atoms with Gasteiger partial charge in [-0.2, -0.15) is 9.97 Å². The average Bonchev–Trinajstić information content (AvgIpc) is 3.41. The second-order valence-corrected chi connectivity index (χ2v) is 8.63. The molecule has 2 aromatic carbocycles. The molecule has 0 bridgehead atoms. The molecule has 5 atom stereocenters. The summed E-state index contributed by atoms with van der Waals surface area (Å²) in [5.41, 5.74) is 2.62. The van der Waals surface area contributed by atoms with Crippen molar-refractivity contribution in [3.63, 3.8) is 0 Å². The molecule has 5 rings (SSSR count). The molecule has 0 saturated carbocycles. The summed E-state index contributed by atoms with van der Waals surface area (Å²) in [5.74, 6) is -0.0649. The van der Waals surface area contributed by atoms with E-state index in [1.165, 1.54) is 23.0 Å². The Labute approximate surface area is 204 Å². The summed E-state index contributed by atoms with van der Waals surface area (Å²) in [6.07, 6.45) is -3.10. The van der Waals surface area contributed by atoms with Crippen LogP contribution in [0, 0.1) is 5.82 Å². The lowest BCUT2D eigenvalue weighted by molar-refractivity contribution is -0.0511. The molecule has 0 aliphatic carbocycles. The van der Waals surface area contributed by atoms with E-state index >= 15 is 0 Å². The molecule has 182 valence electrons. The number of aliphatic hydroxyl groups is 3. The van der Waals surface area contributed by atoms with Crippen LogP contribution < -0.4 is 5.32 Å². The van der Waals surface area contributed by atoms with Gasteiger partial charge in [-0.25, -0.2) is 9.37 Å². The largest absolute Gasteiger partial charge is 0.394 e. The number of fused-ring (bicyclic) bond motifs is 1. The van der Waals surface area contributed by atoms with Crippen molar-refractivity contribution in [3.05, 3.63) is 83.2 Å². The van der Waals surface area contributed by atoms with Crippen LogP contribution >= 0.6 is 11.6 Å². The highest BCUT2D eigenvalue weighted by Crippen LogP contribution is 2.33. The fourth-order valence-corrected chi connectivity index (χ4v) is 4.48. The van der Waals surface area contributed by atoms with Crippen LogP contribution in [0.25, 0.3) is 11.2 Å². The lowest BCUT2D eigenvalue weighted by atomic mass is 9.91. The number of halogens is 2. The van der Waals surface area contributed by atoms with Gasteiger partial charge in [-0.05, 0) is 34.9 Å². The number of hydrogen-bond donors (Lipinski definition) is 4. The Hall–Kier alpha value is -3.15. The minimum absolute atomic E-state index is 0.0495. The molecule has 1 saturated heterocycles. The standard InChI is InChI=1S/C24H23ClFN5O4/c25-24-29-21(18-22(30-24)31(12-28-18)23-20(34)19(33)17(11-32)35-23)27-10-16(13-4-2-1-3-5-13)14-6-8-15(26)9-7-14/h1-9,12,16-17,19-20,23,32-34H,10-11H2,(H,27,29,30)/t16?,17-,19-,20-,23-/m1/s1. The predicted molar refractivity (Wildman–Crippen MR) is 127 cm³/mol. The van der Waals surface area contributed by atoms with Crippen LogP contribution in [0.15, 0.2) is 60.9 Å². The molecular formula is C24H23ClFN5O4. The van der Waals surface area contributed by atoms with Crippen molar-refractivity contribution in [2.75, 3.05) is 18.5 Å². The van der Waals surface area contributed by atoms with Crippen molar-refractivity contribution in [3.8, 4) is 0 Å². The molecule has 9 nitrogen and oxygen atoms in total. The van der Waals surface area contributed by atoms with Crippen molar-refractivity contribution < 1.29 is 24.4 Å². The van der Waals surface area contributed by atoms with Gasteiger partial charge in [-0.3, -0.25) is 4.57 Å². The van der Waals surface area contributed by atoms with Crippen LogP contribution in [-0.2, 0) is 4.74 Å². The SMILES string of the molecule is OC[C@H]1O[C@@H](n2cnc3c(NCC(c4ccccc4)c4ccc(F)cc4)nc(Cl)nc32)[C@H](O)[C@@H]1O. The van der Waals surface area contributed by atoms with Crippen molar-refractivity contribution in [2.24, 2.45) is 0 Å². The first-order valence-corrected chi connectivity index (χ1v) is 11.4. The lowest BCUT2D eigenvalue weighted by Gasteiger charge is -2.20. The maximum atomic E-state index is 13.5. The highest BCUT2D eigenvalue weighted by Gasteiger charge is 2.44. The van der Waals surface area contributed by atoms with Gasteiger partial charge in [0, 0.05) is 12.5 Å². The number of aromatic nitrogens is 4. The first kappa shape index (κ1) is 23.6. The van der Waals surface area contributed by atoms with Gasteiger partial charge in [0.25, 0.3) is 0 Å². The van der Waals surface area contributed by atoms with Gasteiger partial charge in [-0.15, -0.1) is 0 Å². The van der Waals surface area contributed by atoms with Gasteiger partial charge >= 0.3 is 0 Å². The smallest absolute Gasteiger partial charge is 0.226 e. The Morgan fingerprint density at radius 3 is 2.43 bits per heavy atom. The maximum absolute atomic E-state index is 13.5. The zero-order valence-electron chi connectivity index (χ0n) is 18.4. The number of benzene rings is 2. The number of anilines is 1. The molecule has 3 heterocycles. The summed E-state index contributed by atoms with van der Waals surface area (Å²) in [7, 11) is 0. The highest BCUT2D eigenvalue weighted by molar-refractivity contribution is 6.28. The molecule has 4 aromatic rings. The maximum Gasteiger partial charge on any atom is 0.226 e. The minimum atomic E-state index is -1.30. The molecule has 1 fully saturated rings. The minimum Gasteiger partial charge on any atom is -0.394 e. The third-order valence-electron chi connectivity index (χ3n) is 6.13. The number of nitrogens with one attached hydrogen (secondary N) is 1. The first-order chi connectivity index (χ1) is 17.0. The Morgan fingerprint density at radius 1 is 1.03 bits per heavy atom. The molecule has 1 aliphatic heterocycles. The first-order valence-electron chi connectivity index (χ1n) is 11.0. The second-order valence-electron chi connectivity index (χ2n) is 8.29. The van der Waals surface area contributed by atoms with E-state index in [2.05, 4.69) is 20.3 Å². The summed E-state index contributed by atoms with van der Waals surface area (Å²) < 4.78 is 20.6. The summed E-state index contributed by atoms with van der Waals surface area (Å²) in [4.78, 5) is 12.9. The number of aliphatic hydroxyl groups excluding tert-OH is 3. The molecule has 0 radical (unpaired) electrons. The summed E-state index contributed by atoms with van der Waals surface area (Å²) in [6.45, 7) is -0.0486. The van der Waals surface area contributed by atoms with E-state index in [9.17, 15) is 19.7 Å². The normalized spacial score (nSPS) is 23.0. The number of imidazole rings is 1. The van der Waals surface area contributed by atoms with Crippen LogP contribution in [0.2, 0.25) is 5.28 Å². The van der Waals surface area contributed by atoms with Crippen LogP contribution in [0.3, 0.4) is 0 Å². The lowest BCUT2D eigenvalue weighted by Crippen LogP contribution is -2.33. The summed E-state index contributed by atoms with van der Waals surface area (Å²) in [5, 5.41) is 33.2.